The van der Waals surface area contributed by atoms with Gasteiger partial charge in [-0.1, -0.05) is 30.7 Å². The average Bonchev–Trinajstić information content (AvgIpc) is 3.13. The molecule has 1 aromatic carbocycles. The van der Waals surface area contributed by atoms with Crippen molar-refractivity contribution in [1.29, 1.82) is 0 Å². The van der Waals surface area contributed by atoms with E-state index in [0.717, 1.165) is 18.2 Å². The predicted octanol–water partition coefficient (Wildman–Crippen LogP) is 4.47. The van der Waals surface area contributed by atoms with Crippen LogP contribution < -0.4 is 5.32 Å². The number of hydrogen-bond acceptors (Lipinski definition) is 2. The van der Waals surface area contributed by atoms with Crippen molar-refractivity contribution in [3.05, 3.63) is 47.9 Å². The molecule has 1 heterocycles. The lowest BCUT2D eigenvalue weighted by Crippen LogP contribution is -2.15. The lowest BCUT2D eigenvalue weighted by Gasteiger charge is -2.25. The first-order chi connectivity index (χ1) is 9.90. The molecule has 2 aliphatic rings. The minimum absolute atomic E-state index is 0.717. The first-order valence-electron chi connectivity index (χ1n) is 7.80. The highest BCUT2D eigenvalue weighted by Crippen LogP contribution is 2.37. The molecular formula is C18H21NO. The van der Waals surface area contributed by atoms with Gasteiger partial charge in [-0.05, 0) is 48.8 Å². The van der Waals surface area contributed by atoms with E-state index in [2.05, 4.69) is 35.6 Å². The predicted molar refractivity (Wildman–Crippen MR) is 80.6 cm³/mol. The summed E-state index contributed by atoms with van der Waals surface area (Å²) in [6, 6.07) is 11.9. The van der Waals surface area contributed by atoms with Gasteiger partial charge in [0.05, 0.1) is 12.8 Å². The molecule has 2 aromatic rings. The summed E-state index contributed by atoms with van der Waals surface area (Å²) in [4.78, 5) is 0. The van der Waals surface area contributed by atoms with Gasteiger partial charge in [-0.3, -0.25) is 0 Å². The van der Waals surface area contributed by atoms with E-state index in [1.165, 1.54) is 48.8 Å². The molecule has 0 saturated heterocycles. The second-order valence-corrected chi connectivity index (χ2v) is 6.16. The van der Waals surface area contributed by atoms with Gasteiger partial charge in [-0.15, -0.1) is 0 Å². The normalized spacial score (nSPS) is 19.0. The topological polar surface area (TPSA) is 25.2 Å². The van der Waals surface area contributed by atoms with Crippen LogP contribution in [0.3, 0.4) is 0 Å². The zero-order chi connectivity index (χ0) is 13.4. The molecule has 2 heteroatoms. The van der Waals surface area contributed by atoms with E-state index < -0.39 is 0 Å². The second kappa shape index (κ2) is 5.10. The van der Waals surface area contributed by atoms with Crippen LogP contribution in [-0.2, 0) is 6.54 Å². The third-order valence-corrected chi connectivity index (χ3v) is 4.67. The van der Waals surface area contributed by atoms with Crippen molar-refractivity contribution >= 4 is 0 Å². The number of furan rings is 1. The van der Waals surface area contributed by atoms with Crippen LogP contribution in [0.4, 0.5) is 0 Å². The summed E-state index contributed by atoms with van der Waals surface area (Å²) in [5.74, 6) is 1.87. The minimum Gasteiger partial charge on any atom is -0.467 e. The van der Waals surface area contributed by atoms with Crippen molar-refractivity contribution in [2.24, 2.45) is 0 Å². The molecule has 104 valence electrons. The first kappa shape index (κ1) is 12.2. The molecule has 1 N–H and O–H groups in total. The minimum atomic E-state index is 0.717. The Kier molecular flexibility index (Phi) is 3.12. The summed E-state index contributed by atoms with van der Waals surface area (Å²) in [6.07, 6.45) is 8.55. The molecule has 2 fully saturated rings. The monoisotopic (exact) mass is 267 g/mol. The number of rotatable bonds is 5. The summed E-state index contributed by atoms with van der Waals surface area (Å²) in [7, 11) is 0. The Hall–Kier alpha value is -1.54. The van der Waals surface area contributed by atoms with E-state index in [-0.39, 0.29) is 0 Å². The quantitative estimate of drug-likeness (QED) is 0.865. The molecule has 2 aliphatic carbocycles. The molecule has 4 rings (SSSR count). The Morgan fingerprint density at radius 3 is 2.45 bits per heavy atom. The van der Waals surface area contributed by atoms with Crippen molar-refractivity contribution in [3.63, 3.8) is 0 Å². The van der Waals surface area contributed by atoms with Crippen LogP contribution in [0.25, 0.3) is 11.1 Å². The number of nitrogens with one attached hydrogen (secondary N) is 1. The van der Waals surface area contributed by atoms with Crippen molar-refractivity contribution < 1.29 is 4.42 Å². The summed E-state index contributed by atoms with van der Waals surface area (Å²) < 4.78 is 5.64. The Morgan fingerprint density at radius 1 is 1.00 bits per heavy atom. The molecule has 1 aromatic heterocycles. The SMILES string of the molecule is c1cc(-c2ccc(C3CCC3)cc2)c(CNC2CC2)o1. The Labute approximate surface area is 120 Å². The van der Waals surface area contributed by atoms with Crippen LogP contribution in [0, 0.1) is 0 Å². The van der Waals surface area contributed by atoms with E-state index in [9.17, 15) is 0 Å². The Bertz CT molecular complexity index is 576. The van der Waals surface area contributed by atoms with Gasteiger partial charge >= 0.3 is 0 Å². The maximum absolute atomic E-state index is 5.64. The zero-order valence-corrected chi connectivity index (χ0v) is 11.8. The molecule has 20 heavy (non-hydrogen) atoms. The third-order valence-electron chi connectivity index (χ3n) is 4.67. The summed E-state index contributed by atoms with van der Waals surface area (Å²) in [5.41, 5.74) is 4.01. The molecule has 0 atom stereocenters. The molecule has 0 bridgehead atoms. The molecule has 0 spiro atoms. The van der Waals surface area contributed by atoms with E-state index in [0.29, 0.717) is 6.04 Å². The van der Waals surface area contributed by atoms with E-state index in [1.54, 1.807) is 6.26 Å². The van der Waals surface area contributed by atoms with E-state index in [1.807, 2.05) is 0 Å². The van der Waals surface area contributed by atoms with Gasteiger partial charge in [-0.2, -0.15) is 0 Å². The molecule has 0 amide bonds. The lowest BCUT2D eigenvalue weighted by molar-refractivity contribution is 0.420. The van der Waals surface area contributed by atoms with Gasteiger partial charge in [0.1, 0.15) is 5.76 Å². The molecule has 0 radical (unpaired) electrons. The zero-order valence-electron chi connectivity index (χ0n) is 11.8. The molecule has 0 aliphatic heterocycles. The highest BCUT2D eigenvalue weighted by Gasteiger charge is 2.22. The standard InChI is InChI=1S/C18H21NO/c1-2-13(3-1)14-4-6-15(7-5-14)17-10-11-20-18(17)12-19-16-8-9-16/h4-7,10-11,13,16,19H,1-3,8-9,12H2. The molecule has 2 nitrogen and oxygen atoms in total. The summed E-state index contributed by atoms with van der Waals surface area (Å²) >= 11 is 0. The maximum atomic E-state index is 5.64. The van der Waals surface area contributed by atoms with E-state index >= 15 is 0 Å². The molecule has 0 unspecified atom stereocenters. The number of benzene rings is 1. The van der Waals surface area contributed by atoms with Crippen molar-refractivity contribution in [2.45, 2.75) is 50.6 Å². The summed E-state index contributed by atoms with van der Waals surface area (Å²) in [6.45, 7) is 0.845. The third kappa shape index (κ3) is 2.40. The fraction of sp³-hybridized carbons (Fsp3) is 0.444. The fourth-order valence-corrected chi connectivity index (χ4v) is 2.94. The van der Waals surface area contributed by atoms with E-state index in [4.69, 9.17) is 4.42 Å². The summed E-state index contributed by atoms with van der Waals surface area (Å²) in [5, 5.41) is 3.52. The lowest BCUT2D eigenvalue weighted by atomic mass is 9.80. The van der Waals surface area contributed by atoms with Gasteiger partial charge < -0.3 is 9.73 Å². The van der Waals surface area contributed by atoms with Gasteiger partial charge in [0.25, 0.3) is 0 Å². The Balaban J connectivity index is 1.52. The Morgan fingerprint density at radius 2 is 1.80 bits per heavy atom. The molecule has 2 saturated carbocycles. The number of hydrogen-bond donors (Lipinski definition) is 1. The fourth-order valence-electron chi connectivity index (χ4n) is 2.94. The van der Waals surface area contributed by atoms with Crippen molar-refractivity contribution in [3.8, 4) is 11.1 Å². The van der Waals surface area contributed by atoms with Crippen molar-refractivity contribution in [2.75, 3.05) is 0 Å². The van der Waals surface area contributed by atoms with Crippen LogP contribution >= 0.6 is 0 Å². The smallest absolute Gasteiger partial charge is 0.125 e. The van der Waals surface area contributed by atoms with Gasteiger partial charge in [0.15, 0.2) is 0 Å². The van der Waals surface area contributed by atoms with Crippen molar-refractivity contribution in [1.82, 2.24) is 5.32 Å². The second-order valence-electron chi connectivity index (χ2n) is 6.16. The van der Waals surface area contributed by atoms with Crippen LogP contribution in [0.5, 0.6) is 0 Å². The first-order valence-corrected chi connectivity index (χ1v) is 7.80. The van der Waals surface area contributed by atoms with Crippen LogP contribution in [0.1, 0.15) is 49.3 Å². The highest BCUT2D eigenvalue weighted by atomic mass is 16.3. The molecular weight excluding hydrogens is 246 g/mol. The van der Waals surface area contributed by atoms with Gasteiger partial charge in [0.2, 0.25) is 0 Å². The highest BCUT2D eigenvalue weighted by molar-refractivity contribution is 5.65. The average molecular weight is 267 g/mol. The maximum Gasteiger partial charge on any atom is 0.125 e. The van der Waals surface area contributed by atoms with Crippen LogP contribution in [0.15, 0.2) is 41.0 Å². The van der Waals surface area contributed by atoms with Gasteiger partial charge in [0, 0.05) is 11.6 Å². The van der Waals surface area contributed by atoms with Crippen LogP contribution in [0.2, 0.25) is 0 Å². The van der Waals surface area contributed by atoms with Gasteiger partial charge in [-0.25, -0.2) is 0 Å². The largest absolute Gasteiger partial charge is 0.467 e. The van der Waals surface area contributed by atoms with Crippen LogP contribution in [-0.4, -0.2) is 6.04 Å².